The summed E-state index contributed by atoms with van der Waals surface area (Å²) in [7, 11) is 0. The van der Waals surface area contributed by atoms with Crippen LogP contribution in [-0.2, 0) is 26.3 Å². The first kappa shape index (κ1) is 24.7. The highest BCUT2D eigenvalue weighted by molar-refractivity contribution is 6.25. The van der Waals surface area contributed by atoms with Crippen LogP contribution in [0.15, 0.2) is 42.7 Å². The summed E-state index contributed by atoms with van der Waals surface area (Å²) in [6, 6.07) is 9.69. The van der Waals surface area contributed by atoms with Gasteiger partial charge in [-0.1, -0.05) is 18.2 Å². The molecule has 1 N–H and O–H groups in total. The van der Waals surface area contributed by atoms with E-state index in [1.165, 1.54) is 0 Å². The summed E-state index contributed by atoms with van der Waals surface area (Å²) in [5, 5.41) is 8.80. The molecule has 0 radical (unpaired) electrons. The largest absolute Gasteiger partial charge is 0.345 e. The normalized spacial score (nSPS) is 17.2. The van der Waals surface area contributed by atoms with Crippen LogP contribution in [0.25, 0.3) is 10.8 Å². The number of likely N-dealkylation sites (tertiary alicyclic amines) is 1. The molecule has 2 aliphatic heterocycles. The predicted molar refractivity (Wildman–Crippen MR) is 139 cm³/mol. The maximum absolute atomic E-state index is 13.3. The number of hydrogen-bond donors (Lipinski definition) is 1. The molecule has 0 aliphatic carbocycles. The van der Waals surface area contributed by atoms with Crippen molar-refractivity contribution in [3.63, 3.8) is 0 Å². The topological polar surface area (TPSA) is 105 Å². The van der Waals surface area contributed by atoms with Gasteiger partial charge >= 0.3 is 0 Å². The highest BCUT2D eigenvalue weighted by Gasteiger charge is 2.34. The summed E-state index contributed by atoms with van der Waals surface area (Å²) in [6.45, 7) is 5.57. The van der Waals surface area contributed by atoms with Crippen molar-refractivity contribution in [1.82, 2.24) is 20.0 Å². The quantitative estimate of drug-likeness (QED) is 0.454. The van der Waals surface area contributed by atoms with Crippen LogP contribution in [0.4, 0.5) is 5.69 Å². The number of amides is 4. The summed E-state index contributed by atoms with van der Waals surface area (Å²) in [4.78, 5) is 50.3. The Balaban J connectivity index is 1.38. The minimum absolute atomic E-state index is 0.0662. The number of hydrogen-bond acceptors (Lipinski definition) is 5. The van der Waals surface area contributed by atoms with Gasteiger partial charge in [0.15, 0.2) is 0 Å². The van der Waals surface area contributed by atoms with Gasteiger partial charge in [-0.05, 0) is 61.8 Å². The lowest BCUT2D eigenvalue weighted by atomic mass is 9.90. The Hall–Kier alpha value is -4.01. The number of anilines is 1. The van der Waals surface area contributed by atoms with E-state index >= 15 is 0 Å². The zero-order chi connectivity index (χ0) is 26.2. The molecular weight excluding hydrogens is 470 g/mol. The van der Waals surface area contributed by atoms with Crippen LogP contribution in [0.2, 0.25) is 0 Å². The minimum Gasteiger partial charge on any atom is -0.345 e. The second-order valence-corrected chi connectivity index (χ2v) is 10.3. The Morgan fingerprint density at radius 3 is 2.70 bits per heavy atom. The summed E-state index contributed by atoms with van der Waals surface area (Å²) < 4.78 is 2.04. The van der Waals surface area contributed by atoms with Gasteiger partial charge < -0.3 is 9.80 Å². The summed E-state index contributed by atoms with van der Waals surface area (Å²) in [5.74, 6) is -0.418. The van der Waals surface area contributed by atoms with Crippen molar-refractivity contribution in [2.75, 3.05) is 18.0 Å². The zero-order valence-corrected chi connectivity index (χ0v) is 21.1. The number of aromatic nitrogens is 2. The molecule has 9 heteroatoms. The van der Waals surface area contributed by atoms with Gasteiger partial charge in [0.1, 0.15) is 0 Å². The van der Waals surface area contributed by atoms with Gasteiger partial charge in [0, 0.05) is 49.1 Å². The first-order valence-electron chi connectivity index (χ1n) is 12.7. The number of carbonyl (C=O) groups excluding carboxylic acids is 4. The Labute approximate surface area is 215 Å². The fourth-order valence-electron chi connectivity index (χ4n) is 5.57. The van der Waals surface area contributed by atoms with Gasteiger partial charge in [-0.15, -0.1) is 0 Å². The number of imide groups is 1. The predicted octanol–water partition coefficient (Wildman–Crippen LogP) is 3.00. The lowest BCUT2D eigenvalue weighted by molar-refractivity contribution is -0.125. The van der Waals surface area contributed by atoms with E-state index in [-0.39, 0.29) is 29.8 Å². The minimum atomic E-state index is -0.352. The third kappa shape index (κ3) is 4.50. The Morgan fingerprint density at radius 2 is 1.97 bits per heavy atom. The van der Waals surface area contributed by atoms with Crippen LogP contribution in [0.5, 0.6) is 0 Å². The number of benzene rings is 2. The summed E-state index contributed by atoms with van der Waals surface area (Å²) in [5.41, 5.74) is 3.62. The molecule has 2 aliphatic rings. The molecule has 3 aromatic rings. The van der Waals surface area contributed by atoms with E-state index in [9.17, 15) is 19.2 Å². The highest BCUT2D eigenvalue weighted by Crippen LogP contribution is 2.41. The number of piperidine rings is 1. The number of rotatable bonds is 9. The number of nitrogens with one attached hydrogen (secondary N) is 1. The van der Waals surface area contributed by atoms with Crippen LogP contribution >= 0.6 is 0 Å². The molecule has 0 spiro atoms. The van der Waals surface area contributed by atoms with Gasteiger partial charge in [-0.3, -0.25) is 29.2 Å². The number of nitrogens with zero attached hydrogens (tertiary/aromatic N) is 4. The van der Waals surface area contributed by atoms with E-state index in [4.69, 9.17) is 0 Å². The molecule has 3 heterocycles. The first-order valence-corrected chi connectivity index (χ1v) is 12.7. The summed E-state index contributed by atoms with van der Waals surface area (Å²) >= 11 is 0. The van der Waals surface area contributed by atoms with Gasteiger partial charge in [0.05, 0.1) is 17.4 Å². The monoisotopic (exact) mass is 501 g/mol. The average molecular weight is 502 g/mol. The zero-order valence-electron chi connectivity index (χ0n) is 21.1. The molecule has 9 nitrogen and oxygen atoms in total. The van der Waals surface area contributed by atoms with Crippen molar-refractivity contribution < 1.29 is 19.2 Å². The van der Waals surface area contributed by atoms with E-state index in [0.717, 1.165) is 59.9 Å². The molecule has 37 heavy (non-hydrogen) atoms. The highest BCUT2D eigenvalue weighted by atomic mass is 16.2. The second-order valence-electron chi connectivity index (χ2n) is 10.3. The third-order valence-corrected chi connectivity index (χ3v) is 7.88. The SMILES string of the molecule is CC(CCC(=O)NC=O)N1C(=O)c2cccc3c(Cc4cnn(C5(C)CCN(C=O)CC5)c4)ccc1c23. The Bertz CT molecular complexity index is 1370. The van der Waals surface area contributed by atoms with Crippen molar-refractivity contribution in [2.45, 2.75) is 57.5 Å². The van der Waals surface area contributed by atoms with E-state index in [0.29, 0.717) is 24.8 Å². The van der Waals surface area contributed by atoms with Gasteiger partial charge in [0.25, 0.3) is 5.91 Å². The standard InChI is InChI=1S/C28H31N5O4/c1-19(6-9-25(36)29-17-34)33-24-8-7-21(22-4-3-5-23(26(22)24)27(33)37)14-20-15-30-32(16-20)28(2)10-12-31(18-35)13-11-28/h3-5,7-8,15-19H,6,9-14H2,1-2H3,(H,29,34,36). The van der Waals surface area contributed by atoms with E-state index in [1.54, 1.807) is 4.90 Å². The van der Waals surface area contributed by atoms with Crippen molar-refractivity contribution in [1.29, 1.82) is 0 Å². The van der Waals surface area contributed by atoms with Crippen molar-refractivity contribution in [2.24, 2.45) is 0 Å². The van der Waals surface area contributed by atoms with Crippen LogP contribution in [0.1, 0.15) is 61.0 Å². The lowest BCUT2D eigenvalue weighted by Gasteiger charge is -2.38. The van der Waals surface area contributed by atoms with Gasteiger partial charge in [-0.2, -0.15) is 5.10 Å². The van der Waals surface area contributed by atoms with Crippen LogP contribution in [0.3, 0.4) is 0 Å². The fourth-order valence-corrected chi connectivity index (χ4v) is 5.57. The molecule has 5 rings (SSSR count). The molecule has 4 amide bonds. The molecule has 1 aromatic heterocycles. The smallest absolute Gasteiger partial charge is 0.259 e. The fraction of sp³-hybridized carbons (Fsp3) is 0.393. The third-order valence-electron chi connectivity index (χ3n) is 7.88. The maximum Gasteiger partial charge on any atom is 0.259 e. The van der Waals surface area contributed by atoms with E-state index in [1.807, 2.05) is 40.9 Å². The molecule has 1 fully saturated rings. The van der Waals surface area contributed by atoms with Crippen LogP contribution in [-0.4, -0.2) is 58.4 Å². The summed E-state index contributed by atoms with van der Waals surface area (Å²) in [6.07, 6.45) is 8.33. The first-order chi connectivity index (χ1) is 17.8. The lowest BCUT2D eigenvalue weighted by Crippen LogP contribution is -2.44. The van der Waals surface area contributed by atoms with Crippen LogP contribution in [0, 0.1) is 0 Å². The Kier molecular flexibility index (Phi) is 6.54. The van der Waals surface area contributed by atoms with E-state index in [2.05, 4.69) is 35.7 Å². The number of carbonyl (C=O) groups is 4. The average Bonchev–Trinajstić information content (AvgIpc) is 3.49. The molecule has 1 saturated heterocycles. The van der Waals surface area contributed by atoms with Crippen molar-refractivity contribution in [3.8, 4) is 0 Å². The molecule has 192 valence electrons. The van der Waals surface area contributed by atoms with Crippen LogP contribution < -0.4 is 10.2 Å². The molecule has 1 unspecified atom stereocenters. The van der Waals surface area contributed by atoms with Crippen molar-refractivity contribution >= 4 is 41.1 Å². The van der Waals surface area contributed by atoms with Gasteiger partial charge in [0.2, 0.25) is 18.7 Å². The molecule has 0 saturated carbocycles. The molecular formula is C28H31N5O4. The van der Waals surface area contributed by atoms with Crippen molar-refractivity contribution in [3.05, 3.63) is 59.4 Å². The van der Waals surface area contributed by atoms with Gasteiger partial charge in [-0.25, -0.2) is 0 Å². The maximum atomic E-state index is 13.3. The molecule has 2 aromatic carbocycles. The molecule has 0 bridgehead atoms. The molecule has 1 atom stereocenters. The second kappa shape index (κ2) is 9.80. The Morgan fingerprint density at radius 1 is 1.19 bits per heavy atom. The van der Waals surface area contributed by atoms with E-state index < -0.39 is 0 Å².